The molecule has 0 radical (unpaired) electrons. The van der Waals surface area contributed by atoms with Crippen molar-refractivity contribution in [3.63, 3.8) is 0 Å². The number of nitrogens with zero attached hydrogens (tertiary/aromatic N) is 2. The summed E-state index contributed by atoms with van der Waals surface area (Å²) in [5.74, 6) is 0.0445. The fraction of sp³-hybridized carbons (Fsp3) is 0.435. The molecule has 1 fully saturated rings. The average molecular weight is 446 g/mol. The molecule has 0 aliphatic carbocycles. The summed E-state index contributed by atoms with van der Waals surface area (Å²) in [6, 6.07) is 14.0. The number of amides is 1. The lowest BCUT2D eigenvalue weighted by molar-refractivity contribution is 0.0625. The molecule has 0 saturated carbocycles. The molecule has 1 saturated heterocycles. The summed E-state index contributed by atoms with van der Waals surface area (Å²) in [6.07, 6.45) is 2.12. The van der Waals surface area contributed by atoms with E-state index < -0.39 is 10.0 Å². The Labute approximate surface area is 184 Å². The van der Waals surface area contributed by atoms with Crippen LogP contribution in [0.2, 0.25) is 0 Å². The van der Waals surface area contributed by atoms with Gasteiger partial charge in [-0.15, -0.1) is 0 Å². The SMILES string of the molecule is CCN1CCCC1CN(C(=O)c1cc(S(N)(=O)=O)ccc1OC)C(C)c1ccccc1. The zero-order valence-electron chi connectivity index (χ0n) is 18.3. The molecule has 31 heavy (non-hydrogen) atoms. The first-order valence-corrected chi connectivity index (χ1v) is 12.1. The Morgan fingerprint density at radius 1 is 1.26 bits per heavy atom. The van der Waals surface area contributed by atoms with E-state index in [1.165, 1.54) is 25.3 Å². The molecule has 0 spiro atoms. The van der Waals surface area contributed by atoms with Crippen molar-refractivity contribution >= 4 is 15.9 Å². The van der Waals surface area contributed by atoms with Gasteiger partial charge in [0.15, 0.2) is 0 Å². The first-order chi connectivity index (χ1) is 14.8. The third-order valence-corrected chi connectivity index (χ3v) is 6.96. The van der Waals surface area contributed by atoms with E-state index in [1.54, 1.807) is 0 Å². The minimum atomic E-state index is -3.95. The maximum absolute atomic E-state index is 13.8. The van der Waals surface area contributed by atoms with Gasteiger partial charge in [-0.25, -0.2) is 13.6 Å². The lowest BCUT2D eigenvalue weighted by Gasteiger charge is -2.35. The van der Waals surface area contributed by atoms with Crippen LogP contribution in [0.1, 0.15) is 48.7 Å². The zero-order chi connectivity index (χ0) is 22.6. The molecule has 3 rings (SSSR count). The summed E-state index contributed by atoms with van der Waals surface area (Å²) in [4.78, 5) is 17.9. The Balaban J connectivity index is 2.03. The van der Waals surface area contributed by atoms with Crippen molar-refractivity contribution < 1.29 is 17.9 Å². The quantitative estimate of drug-likeness (QED) is 0.674. The highest BCUT2D eigenvalue weighted by Gasteiger charge is 2.32. The van der Waals surface area contributed by atoms with Crippen LogP contribution in [0.5, 0.6) is 5.75 Å². The zero-order valence-corrected chi connectivity index (χ0v) is 19.1. The van der Waals surface area contributed by atoms with Crippen molar-refractivity contribution in [2.45, 2.75) is 43.7 Å². The van der Waals surface area contributed by atoms with E-state index in [9.17, 15) is 13.2 Å². The number of ether oxygens (including phenoxy) is 1. The molecule has 2 N–H and O–H groups in total. The molecule has 1 aliphatic heterocycles. The molecule has 1 amide bonds. The second-order valence-electron chi connectivity index (χ2n) is 7.88. The van der Waals surface area contributed by atoms with Crippen molar-refractivity contribution in [3.8, 4) is 5.75 Å². The highest BCUT2D eigenvalue weighted by molar-refractivity contribution is 7.89. The molecule has 2 atom stereocenters. The van der Waals surface area contributed by atoms with Crippen molar-refractivity contribution in [1.29, 1.82) is 0 Å². The van der Waals surface area contributed by atoms with Gasteiger partial charge in [-0.3, -0.25) is 9.69 Å². The maximum Gasteiger partial charge on any atom is 0.258 e. The van der Waals surface area contributed by atoms with Crippen LogP contribution in [-0.4, -0.2) is 56.9 Å². The predicted molar refractivity (Wildman–Crippen MR) is 121 cm³/mol. The van der Waals surface area contributed by atoms with Gasteiger partial charge in [0.2, 0.25) is 10.0 Å². The number of carbonyl (C=O) groups is 1. The Kier molecular flexibility index (Phi) is 7.35. The fourth-order valence-corrected chi connectivity index (χ4v) is 4.80. The van der Waals surface area contributed by atoms with E-state index in [1.807, 2.05) is 42.2 Å². The largest absolute Gasteiger partial charge is 0.496 e. The number of hydrogen-bond acceptors (Lipinski definition) is 5. The van der Waals surface area contributed by atoms with Crippen LogP contribution in [0, 0.1) is 0 Å². The van der Waals surface area contributed by atoms with E-state index >= 15 is 0 Å². The van der Waals surface area contributed by atoms with Gasteiger partial charge >= 0.3 is 0 Å². The Hall–Kier alpha value is -2.42. The maximum atomic E-state index is 13.8. The first kappa shape index (κ1) is 23.2. The van der Waals surface area contributed by atoms with Crippen LogP contribution in [-0.2, 0) is 10.0 Å². The lowest BCUT2D eigenvalue weighted by atomic mass is 10.0. The number of carbonyl (C=O) groups excluding carboxylic acids is 1. The summed E-state index contributed by atoms with van der Waals surface area (Å²) < 4.78 is 29.2. The van der Waals surface area contributed by atoms with E-state index in [-0.39, 0.29) is 28.4 Å². The number of primary sulfonamides is 1. The predicted octanol–water partition coefficient (Wildman–Crippen LogP) is 3.03. The van der Waals surface area contributed by atoms with Gasteiger partial charge in [0, 0.05) is 12.6 Å². The smallest absolute Gasteiger partial charge is 0.258 e. The highest BCUT2D eigenvalue weighted by Crippen LogP contribution is 2.30. The second-order valence-corrected chi connectivity index (χ2v) is 9.44. The van der Waals surface area contributed by atoms with E-state index in [0.29, 0.717) is 12.3 Å². The third-order valence-electron chi connectivity index (χ3n) is 6.05. The van der Waals surface area contributed by atoms with Crippen molar-refractivity contribution in [1.82, 2.24) is 9.80 Å². The van der Waals surface area contributed by atoms with Gasteiger partial charge < -0.3 is 9.64 Å². The number of methoxy groups -OCH3 is 1. The fourth-order valence-electron chi connectivity index (χ4n) is 4.26. The summed E-state index contributed by atoms with van der Waals surface area (Å²) in [5.41, 5.74) is 1.20. The Bertz CT molecular complexity index is 1010. The standard InChI is InChI=1S/C23H31N3O4S/c1-4-25-14-8-11-19(25)16-26(17(2)18-9-6-5-7-10-18)23(27)21-15-20(31(24,28)29)12-13-22(21)30-3/h5-7,9-10,12-13,15,17,19H,4,8,11,14,16H2,1-3H3,(H2,24,28,29). The molecule has 8 heteroatoms. The molecule has 7 nitrogen and oxygen atoms in total. The van der Waals surface area contributed by atoms with Gasteiger partial charge in [0.05, 0.1) is 23.6 Å². The number of nitrogens with two attached hydrogens (primary N) is 1. The molecule has 1 aliphatic rings. The molecular formula is C23H31N3O4S. The summed E-state index contributed by atoms with van der Waals surface area (Å²) >= 11 is 0. The molecule has 168 valence electrons. The molecule has 1 heterocycles. The molecule has 2 aromatic rings. The Morgan fingerprint density at radius 3 is 2.58 bits per heavy atom. The molecular weight excluding hydrogens is 414 g/mol. The number of hydrogen-bond donors (Lipinski definition) is 1. The summed E-state index contributed by atoms with van der Waals surface area (Å²) in [7, 11) is -2.49. The number of likely N-dealkylation sites (N-methyl/N-ethyl adjacent to an activating group) is 1. The molecule has 0 bridgehead atoms. The summed E-state index contributed by atoms with van der Waals surface area (Å²) in [5, 5.41) is 5.31. The van der Waals surface area contributed by atoms with Gasteiger partial charge in [-0.05, 0) is 56.6 Å². The number of rotatable bonds is 8. The van der Waals surface area contributed by atoms with E-state index in [4.69, 9.17) is 9.88 Å². The topological polar surface area (TPSA) is 92.9 Å². The minimum absolute atomic E-state index is 0.111. The van der Waals surface area contributed by atoms with Gasteiger partial charge in [-0.2, -0.15) is 0 Å². The minimum Gasteiger partial charge on any atom is -0.496 e. The van der Waals surface area contributed by atoms with Crippen molar-refractivity contribution in [3.05, 3.63) is 59.7 Å². The van der Waals surface area contributed by atoms with Gasteiger partial charge in [0.1, 0.15) is 5.75 Å². The second kappa shape index (κ2) is 9.80. The lowest BCUT2D eigenvalue weighted by Crippen LogP contribution is -2.44. The van der Waals surface area contributed by atoms with Gasteiger partial charge in [0.25, 0.3) is 5.91 Å². The Morgan fingerprint density at radius 2 is 1.97 bits per heavy atom. The summed E-state index contributed by atoms with van der Waals surface area (Å²) in [6.45, 7) is 6.62. The van der Waals surface area contributed by atoms with Crippen LogP contribution >= 0.6 is 0 Å². The number of sulfonamides is 1. The van der Waals surface area contributed by atoms with E-state index in [0.717, 1.165) is 31.5 Å². The first-order valence-electron chi connectivity index (χ1n) is 10.6. The van der Waals surface area contributed by atoms with Crippen LogP contribution < -0.4 is 9.88 Å². The molecule has 0 aromatic heterocycles. The van der Waals surface area contributed by atoms with Gasteiger partial charge in [-0.1, -0.05) is 37.3 Å². The average Bonchev–Trinajstić information content (AvgIpc) is 3.23. The van der Waals surface area contributed by atoms with Crippen LogP contribution in [0.3, 0.4) is 0 Å². The normalized spacial score (nSPS) is 18.0. The van der Waals surface area contributed by atoms with Crippen molar-refractivity contribution in [2.24, 2.45) is 5.14 Å². The van der Waals surface area contributed by atoms with Crippen LogP contribution in [0.4, 0.5) is 0 Å². The number of benzene rings is 2. The molecule has 2 aromatic carbocycles. The number of likely N-dealkylation sites (tertiary alicyclic amines) is 1. The molecule has 2 unspecified atom stereocenters. The van der Waals surface area contributed by atoms with Crippen LogP contribution in [0.25, 0.3) is 0 Å². The monoisotopic (exact) mass is 445 g/mol. The van der Waals surface area contributed by atoms with Crippen molar-refractivity contribution in [2.75, 3.05) is 26.7 Å². The third kappa shape index (κ3) is 5.26. The highest BCUT2D eigenvalue weighted by atomic mass is 32.2. The van der Waals surface area contributed by atoms with E-state index in [2.05, 4.69) is 11.8 Å². The van der Waals surface area contributed by atoms with Crippen LogP contribution in [0.15, 0.2) is 53.4 Å².